The number of carbonyl (C=O) groups is 1. The molecule has 9 nitrogen and oxygen atoms in total. The van der Waals surface area contributed by atoms with Crippen molar-refractivity contribution in [3.8, 4) is 23.3 Å². The van der Waals surface area contributed by atoms with E-state index in [1.54, 1.807) is 14.0 Å². The summed E-state index contributed by atoms with van der Waals surface area (Å²) < 4.78 is 7.99. The van der Waals surface area contributed by atoms with E-state index in [9.17, 15) is 4.79 Å². The summed E-state index contributed by atoms with van der Waals surface area (Å²) in [6.45, 7) is 3.87. The van der Waals surface area contributed by atoms with Crippen LogP contribution in [0.4, 0.5) is 17.5 Å². The van der Waals surface area contributed by atoms with Gasteiger partial charge in [-0.2, -0.15) is 4.98 Å². The van der Waals surface area contributed by atoms with Gasteiger partial charge in [-0.3, -0.25) is 9.36 Å². The molecule has 2 aliphatic rings. The number of fused-ring (bicyclic) bond motifs is 2. The van der Waals surface area contributed by atoms with Crippen molar-refractivity contribution in [1.82, 2.24) is 14.9 Å². The van der Waals surface area contributed by atoms with Gasteiger partial charge in [-0.1, -0.05) is 30.2 Å². The minimum atomic E-state index is -0.263. The van der Waals surface area contributed by atoms with Gasteiger partial charge in [0.25, 0.3) is 5.91 Å². The zero-order valence-electron chi connectivity index (χ0n) is 21.1. The number of aromatic nitrogens is 2. The van der Waals surface area contributed by atoms with Crippen LogP contribution in [0.1, 0.15) is 35.8 Å². The average molecular weight is 498 g/mol. The Balaban J connectivity index is 1.47. The van der Waals surface area contributed by atoms with Gasteiger partial charge in [-0.05, 0) is 44.0 Å². The fraction of sp³-hybridized carbons (Fsp3) is 0.321. The average Bonchev–Trinajstić information content (AvgIpc) is 3.21. The smallest absolute Gasteiger partial charge is 0.272 e. The molecule has 190 valence electrons. The Hall–Kier alpha value is -4.29. The number of nitrogens with zero attached hydrogens (tertiary/aromatic N) is 4. The molecule has 2 aromatic carbocycles. The van der Waals surface area contributed by atoms with Crippen molar-refractivity contribution in [1.29, 1.82) is 0 Å². The molecule has 2 aliphatic heterocycles. The molecule has 0 radical (unpaired) electrons. The first-order chi connectivity index (χ1) is 18.1. The topological polar surface area (TPSA) is 110 Å². The lowest BCUT2D eigenvalue weighted by molar-refractivity contribution is 0.0951. The number of nitrogens with one attached hydrogen (secondary N) is 2. The lowest BCUT2D eigenvalue weighted by Crippen LogP contribution is -2.44. The molecule has 1 amide bonds. The number of rotatable bonds is 6. The van der Waals surface area contributed by atoms with Gasteiger partial charge in [0.05, 0.1) is 18.8 Å². The summed E-state index contributed by atoms with van der Waals surface area (Å²) in [7, 11) is 1.76. The van der Waals surface area contributed by atoms with E-state index in [1.165, 1.54) is 0 Å². The Bertz CT molecular complexity index is 1400. The van der Waals surface area contributed by atoms with Crippen LogP contribution in [0.3, 0.4) is 0 Å². The minimum Gasteiger partial charge on any atom is -0.454 e. The van der Waals surface area contributed by atoms with E-state index in [1.807, 2.05) is 53.1 Å². The monoisotopic (exact) mass is 497 g/mol. The molecule has 0 aliphatic carbocycles. The molecule has 0 spiro atoms. The summed E-state index contributed by atoms with van der Waals surface area (Å²) in [5.41, 5.74) is 8.93. The highest BCUT2D eigenvalue weighted by molar-refractivity contribution is 6.09. The number of para-hydroxylation sites is 3. The van der Waals surface area contributed by atoms with Crippen LogP contribution in [-0.2, 0) is 6.54 Å². The Morgan fingerprint density at radius 1 is 1.19 bits per heavy atom. The van der Waals surface area contributed by atoms with E-state index >= 15 is 0 Å². The molecule has 5 rings (SSSR count). The number of amides is 1. The second-order valence-electron chi connectivity index (χ2n) is 9.03. The molecule has 1 aromatic heterocycles. The fourth-order valence-corrected chi connectivity index (χ4v) is 4.72. The van der Waals surface area contributed by atoms with Crippen LogP contribution in [0.15, 0.2) is 53.5 Å². The van der Waals surface area contributed by atoms with E-state index in [0.29, 0.717) is 53.4 Å². The van der Waals surface area contributed by atoms with Crippen molar-refractivity contribution in [3.05, 3.63) is 59.8 Å². The van der Waals surface area contributed by atoms with Gasteiger partial charge >= 0.3 is 0 Å². The Labute approximate surface area is 216 Å². The third-order valence-corrected chi connectivity index (χ3v) is 6.51. The van der Waals surface area contributed by atoms with Gasteiger partial charge in [0.2, 0.25) is 5.95 Å². The zero-order chi connectivity index (χ0) is 25.8. The standard InChI is InChI=1S/C28H31N7O2/c1-3-4-16-35-25(26(30-2)33-28(35)34-15-9-10-19(29)18-34)27(36)31-17-22-20-11-5-7-13-23(20)37-24-14-8-6-12-21(24)32-22/h5-8,11-14,19,30H,9-10,15-18,29H2,1-2H3,(H,31,36). The van der Waals surface area contributed by atoms with Crippen molar-refractivity contribution in [2.75, 3.05) is 36.9 Å². The maximum Gasteiger partial charge on any atom is 0.272 e. The number of nitrogens with two attached hydrogens (primary N) is 1. The number of imidazole rings is 1. The van der Waals surface area contributed by atoms with Crippen LogP contribution < -0.4 is 26.0 Å². The summed E-state index contributed by atoms with van der Waals surface area (Å²) in [6.07, 6.45) is 1.96. The molecule has 1 atom stereocenters. The third-order valence-electron chi connectivity index (χ3n) is 6.51. The van der Waals surface area contributed by atoms with Gasteiger partial charge in [0.1, 0.15) is 11.4 Å². The normalized spacial score (nSPS) is 16.2. The summed E-state index contributed by atoms with van der Waals surface area (Å²) in [5.74, 6) is 8.34. The van der Waals surface area contributed by atoms with E-state index in [4.69, 9.17) is 20.4 Å². The molecule has 3 heterocycles. The molecule has 3 aromatic rings. The molecule has 1 unspecified atom stereocenters. The highest BCUT2D eigenvalue weighted by Crippen LogP contribution is 2.37. The van der Waals surface area contributed by atoms with Crippen LogP contribution in [0.25, 0.3) is 0 Å². The number of ether oxygens (including phenoxy) is 1. The number of hydrogen-bond donors (Lipinski definition) is 3. The molecule has 9 heteroatoms. The highest BCUT2D eigenvalue weighted by Gasteiger charge is 2.28. The number of anilines is 2. The minimum absolute atomic E-state index is 0.0740. The Morgan fingerprint density at radius 2 is 1.97 bits per heavy atom. The number of aliphatic imine (C=N–C) groups is 1. The predicted octanol–water partition coefficient (Wildman–Crippen LogP) is 3.53. The lowest BCUT2D eigenvalue weighted by Gasteiger charge is -2.31. The number of carbonyl (C=O) groups excluding carboxylic acids is 1. The van der Waals surface area contributed by atoms with Crippen LogP contribution in [-0.4, -0.2) is 53.9 Å². The maximum absolute atomic E-state index is 13.7. The van der Waals surface area contributed by atoms with E-state index < -0.39 is 0 Å². The first-order valence-electron chi connectivity index (χ1n) is 12.5. The first-order valence-corrected chi connectivity index (χ1v) is 12.5. The second-order valence-corrected chi connectivity index (χ2v) is 9.03. The highest BCUT2D eigenvalue weighted by atomic mass is 16.5. The fourth-order valence-electron chi connectivity index (χ4n) is 4.72. The molecule has 1 fully saturated rings. The molecular formula is C28H31N7O2. The van der Waals surface area contributed by atoms with Crippen molar-refractivity contribution < 1.29 is 9.53 Å². The Kier molecular flexibility index (Phi) is 7.10. The number of piperidine rings is 1. The van der Waals surface area contributed by atoms with Gasteiger partial charge in [-0.15, -0.1) is 5.92 Å². The molecule has 0 bridgehead atoms. The quantitative estimate of drug-likeness (QED) is 0.450. The van der Waals surface area contributed by atoms with Crippen LogP contribution >= 0.6 is 0 Å². The second kappa shape index (κ2) is 10.8. The first kappa shape index (κ1) is 24.4. The molecule has 37 heavy (non-hydrogen) atoms. The summed E-state index contributed by atoms with van der Waals surface area (Å²) >= 11 is 0. The lowest BCUT2D eigenvalue weighted by atomic mass is 10.1. The third kappa shape index (κ3) is 5.01. The van der Waals surface area contributed by atoms with Gasteiger partial charge in [0, 0.05) is 31.7 Å². The number of hydrogen-bond acceptors (Lipinski definition) is 7. The molecule has 0 saturated carbocycles. The van der Waals surface area contributed by atoms with Gasteiger partial charge < -0.3 is 26.0 Å². The van der Waals surface area contributed by atoms with Crippen LogP contribution in [0.5, 0.6) is 11.5 Å². The molecular weight excluding hydrogens is 466 g/mol. The molecule has 1 saturated heterocycles. The van der Waals surface area contributed by atoms with Gasteiger partial charge in [0.15, 0.2) is 17.3 Å². The van der Waals surface area contributed by atoms with E-state index in [0.717, 1.165) is 24.9 Å². The zero-order valence-corrected chi connectivity index (χ0v) is 21.1. The van der Waals surface area contributed by atoms with Crippen molar-refractivity contribution in [2.24, 2.45) is 10.7 Å². The summed E-state index contributed by atoms with van der Waals surface area (Å²) in [5, 5.41) is 6.16. The van der Waals surface area contributed by atoms with Crippen molar-refractivity contribution in [3.63, 3.8) is 0 Å². The van der Waals surface area contributed by atoms with Crippen LogP contribution in [0, 0.1) is 11.8 Å². The van der Waals surface area contributed by atoms with Crippen LogP contribution in [0.2, 0.25) is 0 Å². The Morgan fingerprint density at radius 3 is 2.76 bits per heavy atom. The van der Waals surface area contributed by atoms with E-state index in [2.05, 4.69) is 27.4 Å². The molecule has 4 N–H and O–H groups in total. The number of benzene rings is 2. The predicted molar refractivity (Wildman–Crippen MR) is 146 cm³/mol. The summed E-state index contributed by atoms with van der Waals surface area (Å²) in [6, 6.07) is 15.4. The van der Waals surface area contributed by atoms with Crippen molar-refractivity contribution in [2.45, 2.75) is 32.4 Å². The summed E-state index contributed by atoms with van der Waals surface area (Å²) in [4.78, 5) is 25.4. The van der Waals surface area contributed by atoms with E-state index in [-0.39, 0.29) is 18.5 Å². The maximum atomic E-state index is 13.7. The van der Waals surface area contributed by atoms with Gasteiger partial charge in [-0.25, -0.2) is 4.99 Å². The van der Waals surface area contributed by atoms with Crippen molar-refractivity contribution >= 4 is 29.1 Å². The largest absolute Gasteiger partial charge is 0.454 e. The SMILES string of the molecule is CC#CCn1c(N2CCCC(N)C2)nc(NC)c1C(=O)NCC1=Nc2ccccc2Oc2ccccc21.